The lowest BCUT2D eigenvalue weighted by molar-refractivity contribution is 0.122. The lowest BCUT2D eigenvalue weighted by Crippen LogP contribution is -2.37. The van der Waals surface area contributed by atoms with Crippen LogP contribution in [0.4, 0.5) is 5.82 Å². The molecule has 0 saturated carbocycles. The minimum absolute atomic E-state index is 0.650. The molecule has 0 N–H and O–H groups in total. The van der Waals surface area contributed by atoms with Crippen LogP contribution in [-0.2, 0) is 4.74 Å². The first-order valence-electron chi connectivity index (χ1n) is 5.00. The van der Waals surface area contributed by atoms with E-state index in [2.05, 4.69) is 16.0 Å². The molecule has 5 heteroatoms. The molecule has 1 saturated heterocycles. The van der Waals surface area contributed by atoms with Gasteiger partial charge in [-0.05, 0) is 6.07 Å². The Kier molecular flexibility index (Phi) is 2.88. The molecule has 0 atom stereocenters. The van der Waals surface area contributed by atoms with Crippen molar-refractivity contribution in [1.82, 2.24) is 4.98 Å². The summed E-state index contributed by atoms with van der Waals surface area (Å²) in [5.41, 5.74) is 1.67. The molecule has 1 aliphatic rings. The Labute approximate surface area is 89.9 Å². The Bertz CT molecular complexity index is 396. The van der Waals surface area contributed by atoms with Crippen LogP contribution < -0.4 is 10.4 Å². The molecule has 0 amide bonds. The van der Waals surface area contributed by atoms with Crippen LogP contribution in [0.15, 0.2) is 12.3 Å². The second kappa shape index (κ2) is 4.32. The maximum atomic E-state index is 9.03. The molecule has 1 fully saturated rings. The summed E-state index contributed by atoms with van der Waals surface area (Å²) in [6.07, 6.45) is 1.80. The summed E-state index contributed by atoms with van der Waals surface area (Å²) < 4.78 is 5.27. The highest BCUT2D eigenvalue weighted by molar-refractivity contribution is 6.32. The number of nitriles is 1. The van der Waals surface area contributed by atoms with Crippen LogP contribution in [0.1, 0.15) is 5.56 Å². The van der Waals surface area contributed by atoms with Crippen molar-refractivity contribution in [3.63, 3.8) is 0 Å². The Morgan fingerprint density at radius 3 is 2.87 bits per heavy atom. The second-order valence-corrected chi connectivity index (χ2v) is 3.60. The quantitative estimate of drug-likeness (QED) is 0.549. The Morgan fingerprint density at radius 2 is 2.20 bits per heavy atom. The molecule has 0 aliphatic carbocycles. The third-order valence-corrected chi connectivity index (χ3v) is 2.43. The van der Waals surface area contributed by atoms with E-state index in [9.17, 15) is 0 Å². The van der Waals surface area contributed by atoms with E-state index in [0.717, 1.165) is 24.4 Å². The molecule has 1 aromatic heterocycles. The van der Waals surface area contributed by atoms with Crippen molar-refractivity contribution in [3.05, 3.63) is 17.8 Å². The first-order valence-corrected chi connectivity index (χ1v) is 5.00. The number of pyridine rings is 1. The number of morpholine rings is 1. The summed E-state index contributed by atoms with van der Waals surface area (Å²) in [5, 5.41) is 9.03. The van der Waals surface area contributed by atoms with Gasteiger partial charge in [-0.2, -0.15) is 5.26 Å². The maximum absolute atomic E-state index is 9.03. The molecule has 0 unspecified atom stereocenters. The lowest BCUT2D eigenvalue weighted by Gasteiger charge is -2.28. The highest BCUT2D eigenvalue weighted by Gasteiger charge is 2.15. The number of nitrogens with zero attached hydrogens (tertiary/aromatic N) is 3. The van der Waals surface area contributed by atoms with Crippen LogP contribution in [0.25, 0.3) is 0 Å². The average molecular weight is 201 g/mol. The van der Waals surface area contributed by atoms with Gasteiger partial charge in [0.1, 0.15) is 19.7 Å². The first-order chi connectivity index (χ1) is 7.31. The van der Waals surface area contributed by atoms with Crippen LogP contribution in [0.2, 0.25) is 0 Å². The van der Waals surface area contributed by atoms with Gasteiger partial charge < -0.3 is 9.64 Å². The molecule has 1 aliphatic heterocycles. The molecule has 0 aromatic carbocycles. The summed E-state index contributed by atoms with van der Waals surface area (Å²) in [5.74, 6) is 0.784. The number of anilines is 1. The third-order valence-electron chi connectivity index (χ3n) is 2.43. The Hall–Kier alpha value is -1.54. The summed E-state index contributed by atoms with van der Waals surface area (Å²) in [4.78, 5) is 6.42. The van der Waals surface area contributed by atoms with Gasteiger partial charge in [0.25, 0.3) is 0 Å². The van der Waals surface area contributed by atoms with Crippen molar-refractivity contribution in [2.24, 2.45) is 0 Å². The summed E-state index contributed by atoms with van der Waals surface area (Å²) in [6.45, 7) is 3.04. The molecule has 76 valence electrons. The summed E-state index contributed by atoms with van der Waals surface area (Å²) in [6, 6.07) is 4.06. The minimum atomic E-state index is 0.650. The number of hydrogen-bond acceptors (Lipinski definition) is 4. The summed E-state index contributed by atoms with van der Waals surface area (Å²) >= 11 is 0. The van der Waals surface area contributed by atoms with Crippen molar-refractivity contribution in [2.45, 2.75) is 0 Å². The van der Waals surface area contributed by atoms with E-state index in [-0.39, 0.29) is 0 Å². The molecule has 0 spiro atoms. The fourth-order valence-electron chi connectivity index (χ4n) is 1.67. The Balaban J connectivity index is 2.30. The molecular weight excluding hydrogens is 189 g/mol. The minimum Gasteiger partial charge on any atom is -0.378 e. The predicted molar refractivity (Wildman–Crippen MR) is 60.2 cm³/mol. The first kappa shape index (κ1) is 10.00. The zero-order chi connectivity index (χ0) is 10.7. The topological polar surface area (TPSA) is 49.2 Å². The molecule has 15 heavy (non-hydrogen) atoms. The van der Waals surface area contributed by atoms with Crippen molar-refractivity contribution in [1.29, 1.82) is 5.26 Å². The van der Waals surface area contributed by atoms with Gasteiger partial charge in [-0.15, -0.1) is 0 Å². The third kappa shape index (κ3) is 2.11. The van der Waals surface area contributed by atoms with Gasteiger partial charge in [-0.1, -0.05) is 5.46 Å². The van der Waals surface area contributed by atoms with Crippen molar-refractivity contribution in [3.8, 4) is 6.07 Å². The van der Waals surface area contributed by atoms with Crippen LogP contribution in [-0.4, -0.2) is 39.1 Å². The fraction of sp³-hybridized carbons (Fsp3) is 0.400. The van der Waals surface area contributed by atoms with Crippen LogP contribution >= 0.6 is 0 Å². The van der Waals surface area contributed by atoms with E-state index in [1.807, 2.05) is 13.9 Å². The lowest BCUT2D eigenvalue weighted by atomic mass is 9.97. The molecule has 1 aromatic rings. The highest BCUT2D eigenvalue weighted by atomic mass is 16.5. The van der Waals surface area contributed by atoms with Gasteiger partial charge >= 0.3 is 0 Å². The van der Waals surface area contributed by atoms with E-state index < -0.39 is 0 Å². The number of rotatable bonds is 1. The van der Waals surface area contributed by atoms with Gasteiger partial charge in [0.2, 0.25) is 0 Å². The molecule has 2 heterocycles. The number of hydrogen-bond donors (Lipinski definition) is 0. The Morgan fingerprint density at radius 1 is 1.47 bits per heavy atom. The van der Waals surface area contributed by atoms with Crippen molar-refractivity contribution in [2.75, 3.05) is 31.2 Å². The standard InChI is InChI=1S/C10H12BN3O/c11-9-5-8(6-12)10(13-7-9)14-1-3-15-4-2-14/h5,7H,1-4,11H2. The monoisotopic (exact) mass is 201 g/mol. The maximum Gasteiger partial charge on any atom is 0.146 e. The zero-order valence-corrected chi connectivity index (χ0v) is 8.73. The fourth-order valence-corrected chi connectivity index (χ4v) is 1.67. The smallest absolute Gasteiger partial charge is 0.146 e. The SMILES string of the molecule is Bc1cnc(N2CCOCC2)c(C#N)c1. The number of ether oxygens (including phenoxy) is 1. The van der Waals surface area contributed by atoms with Crippen LogP contribution in [0.5, 0.6) is 0 Å². The van der Waals surface area contributed by atoms with E-state index in [1.54, 1.807) is 6.20 Å². The molecule has 0 bridgehead atoms. The second-order valence-electron chi connectivity index (χ2n) is 3.60. The van der Waals surface area contributed by atoms with E-state index in [4.69, 9.17) is 10.00 Å². The molecule has 2 rings (SSSR count). The van der Waals surface area contributed by atoms with E-state index in [0.29, 0.717) is 18.8 Å². The zero-order valence-electron chi connectivity index (χ0n) is 8.73. The van der Waals surface area contributed by atoms with Crippen molar-refractivity contribution >= 4 is 19.1 Å². The van der Waals surface area contributed by atoms with Gasteiger partial charge in [0.15, 0.2) is 0 Å². The van der Waals surface area contributed by atoms with Crippen LogP contribution in [0, 0.1) is 11.3 Å². The normalized spacial score (nSPS) is 16.1. The predicted octanol–water partition coefficient (Wildman–Crippen LogP) is -0.952. The van der Waals surface area contributed by atoms with E-state index in [1.165, 1.54) is 0 Å². The van der Waals surface area contributed by atoms with Crippen LogP contribution in [0.3, 0.4) is 0 Å². The highest BCUT2D eigenvalue weighted by Crippen LogP contribution is 2.16. The number of aromatic nitrogens is 1. The molecule has 4 nitrogen and oxygen atoms in total. The average Bonchev–Trinajstić information content (AvgIpc) is 2.30. The van der Waals surface area contributed by atoms with Crippen molar-refractivity contribution < 1.29 is 4.74 Å². The van der Waals surface area contributed by atoms with Gasteiger partial charge in [-0.3, -0.25) is 0 Å². The molecule has 0 radical (unpaired) electrons. The van der Waals surface area contributed by atoms with Gasteiger partial charge in [0, 0.05) is 19.3 Å². The summed E-state index contributed by atoms with van der Waals surface area (Å²) in [7, 11) is 1.94. The molecular formula is C10H12BN3O. The van der Waals surface area contributed by atoms with E-state index >= 15 is 0 Å². The van der Waals surface area contributed by atoms with Gasteiger partial charge in [-0.25, -0.2) is 4.98 Å². The van der Waals surface area contributed by atoms with Gasteiger partial charge in [0.05, 0.1) is 18.8 Å². The largest absolute Gasteiger partial charge is 0.378 e.